The first-order valence-corrected chi connectivity index (χ1v) is 25.0. The number of furan rings is 2. The number of anilines is 9. The van der Waals surface area contributed by atoms with Crippen LogP contribution in [0.15, 0.2) is 239 Å². The summed E-state index contributed by atoms with van der Waals surface area (Å²) in [5, 5.41) is 2.70. The highest BCUT2D eigenvalue weighted by Crippen LogP contribution is 2.51. The van der Waals surface area contributed by atoms with Gasteiger partial charge in [0, 0.05) is 56.0 Å². The first-order valence-electron chi connectivity index (χ1n) is 24.6. The van der Waals surface area contributed by atoms with Crippen LogP contribution >= 0.6 is 11.6 Å². The molecule has 0 saturated carbocycles. The van der Waals surface area contributed by atoms with E-state index in [1.807, 2.05) is 48.5 Å². The summed E-state index contributed by atoms with van der Waals surface area (Å²) in [4.78, 5) is 6.87. The van der Waals surface area contributed by atoms with Crippen LogP contribution in [-0.2, 0) is 10.8 Å². The number of nitrogens with zero attached hydrogens (tertiary/aromatic N) is 3. The minimum atomic E-state index is -0.0232. The summed E-state index contributed by atoms with van der Waals surface area (Å²) in [6.07, 6.45) is 0. The molecule has 0 N–H and O–H groups in total. The molecule has 0 atom stereocenters. The Morgan fingerprint density at radius 1 is 0.319 bits per heavy atom. The lowest BCUT2D eigenvalue weighted by Crippen LogP contribution is -2.18. The molecule has 11 rings (SSSR count). The summed E-state index contributed by atoms with van der Waals surface area (Å²) < 4.78 is 12.7. The maximum atomic E-state index is 8.12. The first-order chi connectivity index (χ1) is 34.9. The monoisotopic (exact) mass is 957 g/mol. The van der Waals surface area contributed by atoms with Crippen molar-refractivity contribution in [2.24, 2.45) is 0 Å². The smallest absolute Gasteiger partial charge is 0.135 e. The fraction of sp³-hybridized carbons (Fsp3) is 0.121. The number of rotatable bonds is 11. The van der Waals surface area contributed by atoms with Gasteiger partial charge in [0.15, 0.2) is 0 Å². The quantitative estimate of drug-likeness (QED) is 0.129. The van der Waals surface area contributed by atoms with Crippen LogP contribution in [-0.4, -0.2) is 0 Å². The highest BCUT2D eigenvalue weighted by atomic mass is 35.5. The van der Waals surface area contributed by atoms with Crippen molar-refractivity contribution in [2.75, 3.05) is 14.7 Å². The normalized spacial score (nSPS) is 11.8. The van der Waals surface area contributed by atoms with Crippen molar-refractivity contribution in [1.29, 1.82) is 0 Å². The third-order valence-corrected chi connectivity index (χ3v) is 13.8. The van der Waals surface area contributed by atoms with E-state index in [1.165, 1.54) is 11.1 Å². The maximum Gasteiger partial charge on any atom is 0.135 e. The van der Waals surface area contributed by atoms with E-state index in [1.54, 1.807) is 0 Å². The minimum Gasteiger partial charge on any atom is -0.456 e. The number of benzene rings is 9. The van der Waals surface area contributed by atoms with Gasteiger partial charge in [-0.15, -0.1) is 0 Å². The number of hydrogen-bond acceptors (Lipinski definition) is 5. The lowest BCUT2D eigenvalue weighted by molar-refractivity contribution is 0.590. The summed E-state index contributed by atoms with van der Waals surface area (Å²) in [5.74, 6) is 1.62. The Morgan fingerprint density at radius 2 is 0.639 bits per heavy atom. The first kappa shape index (κ1) is 46.2. The summed E-state index contributed by atoms with van der Waals surface area (Å²) in [6.45, 7) is 13.5. The standard InChI is InChI=1S/C66H56ClN3O2/c1-65(2,3)49-29-37-53(38-30-49)68(54-39-31-50(32-40-54)66(4,5)6)57-43-58(69(51-19-9-7-10-20-51)55-33-25-45(26-34-55)62-41-47-17-13-15-23-60(47)71-62)64(67)59(44-57)70(52-21-11-8-12-22-52)56-35-27-46(28-36-56)63-42-48-18-14-16-24-61(48)72-63/h7-44H,1-6H3. The number of hydrogen-bond donors (Lipinski definition) is 0. The van der Waals surface area contributed by atoms with E-state index >= 15 is 0 Å². The minimum absolute atomic E-state index is 0.0232. The van der Waals surface area contributed by atoms with Gasteiger partial charge < -0.3 is 23.5 Å². The van der Waals surface area contributed by atoms with E-state index in [4.69, 9.17) is 20.4 Å². The van der Waals surface area contributed by atoms with Crippen LogP contribution in [0.3, 0.4) is 0 Å². The molecule has 0 unspecified atom stereocenters. The predicted molar refractivity (Wildman–Crippen MR) is 303 cm³/mol. The molecule has 11 aromatic rings. The molecule has 6 heteroatoms. The topological polar surface area (TPSA) is 36.0 Å². The zero-order chi connectivity index (χ0) is 49.6. The molecule has 0 amide bonds. The number of fused-ring (bicyclic) bond motifs is 2. The van der Waals surface area contributed by atoms with Crippen molar-refractivity contribution in [1.82, 2.24) is 0 Å². The molecule has 0 aliphatic heterocycles. The molecule has 354 valence electrons. The Morgan fingerprint density at radius 3 is 1.00 bits per heavy atom. The van der Waals surface area contributed by atoms with Crippen molar-refractivity contribution in [3.8, 4) is 22.6 Å². The van der Waals surface area contributed by atoms with Crippen molar-refractivity contribution < 1.29 is 8.83 Å². The Labute approximate surface area is 427 Å². The van der Waals surface area contributed by atoms with Gasteiger partial charge in [-0.1, -0.05) is 150 Å². The van der Waals surface area contributed by atoms with Gasteiger partial charge in [0.05, 0.1) is 22.1 Å². The Kier molecular flexibility index (Phi) is 12.1. The van der Waals surface area contributed by atoms with Crippen LogP contribution in [0.25, 0.3) is 44.6 Å². The molecular weight excluding hydrogens is 902 g/mol. The third kappa shape index (κ3) is 9.16. The van der Waals surface area contributed by atoms with Crippen molar-refractivity contribution in [2.45, 2.75) is 52.4 Å². The Balaban J connectivity index is 1.14. The van der Waals surface area contributed by atoms with Gasteiger partial charge in [0.1, 0.15) is 22.7 Å². The van der Waals surface area contributed by atoms with Crippen molar-refractivity contribution >= 4 is 84.7 Å². The average molecular weight is 959 g/mol. The third-order valence-electron chi connectivity index (χ3n) is 13.4. The largest absolute Gasteiger partial charge is 0.456 e. The van der Waals surface area contributed by atoms with E-state index in [0.29, 0.717) is 5.02 Å². The lowest BCUT2D eigenvalue weighted by atomic mass is 9.86. The van der Waals surface area contributed by atoms with E-state index < -0.39 is 0 Å². The van der Waals surface area contributed by atoms with Gasteiger partial charge in [-0.2, -0.15) is 0 Å². The summed E-state index contributed by atoms with van der Waals surface area (Å²) in [6, 6.07) is 80.9. The van der Waals surface area contributed by atoms with Crippen LogP contribution < -0.4 is 14.7 Å². The zero-order valence-electron chi connectivity index (χ0n) is 41.5. The van der Waals surface area contributed by atoms with Crippen molar-refractivity contribution in [3.05, 3.63) is 247 Å². The predicted octanol–water partition coefficient (Wildman–Crippen LogP) is 20.2. The van der Waals surface area contributed by atoms with Crippen molar-refractivity contribution in [3.63, 3.8) is 0 Å². The molecule has 0 aliphatic rings. The van der Waals surface area contributed by atoms with Gasteiger partial charge in [-0.05, 0) is 155 Å². The molecule has 2 heterocycles. The second kappa shape index (κ2) is 18.8. The molecule has 0 saturated heterocycles. The molecule has 0 aliphatic carbocycles. The molecule has 9 aromatic carbocycles. The van der Waals surface area contributed by atoms with Gasteiger partial charge >= 0.3 is 0 Å². The van der Waals surface area contributed by atoms with Crippen LogP contribution in [0, 0.1) is 0 Å². The summed E-state index contributed by atoms with van der Waals surface area (Å²) in [5.41, 5.74) is 14.5. The van der Waals surface area contributed by atoms with Crippen LogP contribution in [0.2, 0.25) is 5.02 Å². The molecule has 0 bridgehead atoms. The van der Waals surface area contributed by atoms with E-state index in [0.717, 1.165) is 95.8 Å². The Hall–Kier alpha value is -8.25. The molecule has 2 aromatic heterocycles. The van der Waals surface area contributed by atoms with E-state index in [9.17, 15) is 0 Å². The second-order valence-corrected chi connectivity index (χ2v) is 20.8. The molecule has 0 spiro atoms. The SMILES string of the molecule is CC(C)(C)c1ccc(N(c2ccc(C(C)(C)C)cc2)c2cc(N(c3ccccc3)c3ccc(-c4cc5ccccc5o4)cc3)c(Cl)c(N(c3ccccc3)c3ccc(-c4cc5ccccc5o4)cc3)c2)cc1. The van der Waals surface area contributed by atoms with Gasteiger partial charge in [-0.3, -0.25) is 0 Å². The summed E-state index contributed by atoms with van der Waals surface area (Å²) in [7, 11) is 0. The van der Waals surface area contributed by atoms with Crippen LogP contribution in [0.5, 0.6) is 0 Å². The maximum absolute atomic E-state index is 8.12. The lowest BCUT2D eigenvalue weighted by Gasteiger charge is -2.34. The van der Waals surface area contributed by atoms with E-state index in [2.05, 4.69) is 238 Å². The zero-order valence-corrected chi connectivity index (χ0v) is 42.2. The molecule has 5 nitrogen and oxygen atoms in total. The molecular formula is C66H56ClN3O2. The number of para-hydroxylation sites is 4. The van der Waals surface area contributed by atoms with Gasteiger partial charge in [0.2, 0.25) is 0 Å². The van der Waals surface area contributed by atoms with Crippen LogP contribution in [0.1, 0.15) is 52.7 Å². The molecule has 0 fully saturated rings. The fourth-order valence-corrected chi connectivity index (χ4v) is 9.79. The van der Waals surface area contributed by atoms with Gasteiger partial charge in [0.25, 0.3) is 0 Å². The summed E-state index contributed by atoms with van der Waals surface area (Å²) >= 11 is 8.12. The van der Waals surface area contributed by atoms with E-state index in [-0.39, 0.29) is 10.8 Å². The van der Waals surface area contributed by atoms with Crippen LogP contribution in [0.4, 0.5) is 51.2 Å². The number of halogens is 1. The molecule has 0 radical (unpaired) electrons. The molecule has 72 heavy (non-hydrogen) atoms. The Bertz CT molecular complexity index is 3340. The fourth-order valence-electron chi connectivity index (χ4n) is 9.51. The second-order valence-electron chi connectivity index (χ2n) is 20.5. The average Bonchev–Trinajstić information content (AvgIpc) is 4.04. The van der Waals surface area contributed by atoms with Gasteiger partial charge in [-0.25, -0.2) is 0 Å². The highest BCUT2D eigenvalue weighted by molar-refractivity contribution is 6.37. The highest BCUT2D eigenvalue weighted by Gasteiger charge is 2.27.